The molecule has 1 heterocycles. The molecule has 1 aliphatic heterocycles. The maximum absolute atomic E-state index is 14.4. The molecule has 0 saturated carbocycles. The molecule has 2 aromatic rings. The van der Waals surface area contributed by atoms with E-state index in [1.54, 1.807) is 36.4 Å². The number of nitrogens with two attached hydrogens (primary N) is 1. The Bertz CT molecular complexity index is 921. The molecule has 0 unspecified atom stereocenters. The largest absolute Gasteiger partial charge is 0.465 e. The van der Waals surface area contributed by atoms with Crippen molar-refractivity contribution in [2.75, 3.05) is 27.2 Å². The van der Waals surface area contributed by atoms with Gasteiger partial charge in [0.25, 0.3) is 0 Å². The van der Waals surface area contributed by atoms with Gasteiger partial charge < -0.3 is 10.5 Å². The Labute approximate surface area is 158 Å². The summed E-state index contributed by atoms with van der Waals surface area (Å²) in [6, 6.07) is 13.6. The molecule has 0 fully saturated rings. The molecule has 0 bridgehead atoms. The third-order valence-electron chi connectivity index (χ3n) is 4.44. The minimum absolute atomic E-state index is 0.301. The number of ether oxygens (including phenoxy) is 1. The van der Waals surface area contributed by atoms with Gasteiger partial charge in [-0.1, -0.05) is 24.3 Å². The maximum Gasteiger partial charge on any atom is 0.337 e. The van der Waals surface area contributed by atoms with Gasteiger partial charge >= 0.3 is 5.97 Å². The Morgan fingerprint density at radius 3 is 2.67 bits per heavy atom. The molecule has 0 saturated heterocycles. The van der Waals surface area contributed by atoms with Crippen LogP contribution in [0.4, 0.5) is 4.39 Å². The Morgan fingerprint density at radius 1 is 1.22 bits per heavy atom. The second-order valence-corrected chi connectivity index (χ2v) is 6.51. The summed E-state index contributed by atoms with van der Waals surface area (Å²) in [5.74, 6) is -0.742. The summed E-state index contributed by atoms with van der Waals surface area (Å²) >= 11 is 0. The summed E-state index contributed by atoms with van der Waals surface area (Å²) in [5.41, 5.74) is 9.98. The van der Waals surface area contributed by atoms with Crippen molar-refractivity contribution in [1.29, 1.82) is 0 Å². The lowest BCUT2D eigenvalue weighted by Crippen LogP contribution is -2.18. The van der Waals surface area contributed by atoms with Gasteiger partial charge in [-0.15, -0.1) is 0 Å². The first-order valence-electron chi connectivity index (χ1n) is 8.62. The van der Waals surface area contributed by atoms with Crippen molar-refractivity contribution in [2.24, 2.45) is 10.7 Å². The van der Waals surface area contributed by atoms with Gasteiger partial charge in [0.15, 0.2) is 0 Å². The monoisotopic (exact) mass is 367 g/mol. The third kappa shape index (κ3) is 4.23. The molecule has 5 nitrogen and oxygen atoms in total. The predicted molar refractivity (Wildman–Crippen MR) is 103 cm³/mol. The lowest BCUT2D eigenvalue weighted by Gasteiger charge is -2.12. The average molecular weight is 367 g/mol. The van der Waals surface area contributed by atoms with Crippen molar-refractivity contribution in [3.05, 3.63) is 82.3 Å². The summed E-state index contributed by atoms with van der Waals surface area (Å²) < 4.78 is 19.2. The summed E-state index contributed by atoms with van der Waals surface area (Å²) in [5, 5.41) is 0. The fraction of sp³-hybridized carbons (Fsp3) is 0.238. The summed E-state index contributed by atoms with van der Waals surface area (Å²) in [4.78, 5) is 18.5. The van der Waals surface area contributed by atoms with Crippen LogP contribution in [0.25, 0.3) is 0 Å². The average Bonchev–Trinajstić information content (AvgIpc) is 3.01. The van der Waals surface area contributed by atoms with Crippen LogP contribution in [0.3, 0.4) is 0 Å². The van der Waals surface area contributed by atoms with E-state index in [4.69, 9.17) is 10.5 Å². The molecule has 0 atom stereocenters. The van der Waals surface area contributed by atoms with Gasteiger partial charge in [0.05, 0.1) is 24.9 Å². The Kier molecular flexibility index (Phi) is 5.66. The van der Waals surface area contributed by atoms with Crippen LogP contribution < -0.4 is 5.73 Å². The van der Waals surface area contributed by atoms with Gasteiger partial charge in [-0.3, -0.25) is 9.89 Å². The molecule has 6 heteroatoms. The van der Waals surface area contributed by atoms with E-state index < -0.39 is 5.97 Å². The molecule has 27 heavy (non-hydrogen) atoms. The topological polar surface area (TPSA) is 67.9 Å². The second-order valence-electron chi connectivity index (χ2n) is 6.51. The van der Waals surface area contributed by atoms with Gasteiger partial charge in [-0.2, -0.15) is 0 Å². The van der Waals surface area contributed by atoms with Crippen molar-refractivity contribution in [2.45, 2.75) is 6.54 Å². The molecular weight excluding hydrogens is 345 g/mol. The van der Waals surface area contributed by atoms with Crippen molar-refractivity contribution in [3.8, 4) is 0 Å². The van der Waals surface area contributed by atoms with E-state index >= 15 is 0 Å². The Hall–Kier alpha value is -2.99. The second kappa shape index (κ2) is 8.14. The number of hydrogen-bond donors (Lipinski definition) is 1. The zero-order valence-corrected chi connectivity index (χ0v) is 15.4. The normalized spacial score (nSPS) is 15.3. The number of methoxy groups -OCH3 is 1. The number of carbonyl (C=O) groups is 1. The van der Waals surface area contributed by atoms with Gasteiger partial charge in [-0.05, 0) is 36.9 Å². The quantitative estimate of drug-likeness (QED) is 0.652. The first-order valence-corrected chi connectivity index (χ1v) is 8.62. The van der Waals surface area contributed by atoms with E-state index in [1.165, 1.54) is 13.2 Å². The Balaban J connectivity index is 1.98. The SMILES string of the molecule is COC(=O)c1cccc(CN=C(C2=C(N)CN(C)C2)c2ccccc2F)c1. The maximum atomic E-state index is 14.4. The number of carbonyl (C=O) groups excluding carboxylic acids is 1. The van der Waals surface area contributed by atoms with Crippen molar-refractivity contribution < 1.29 is 13.9 Å². The molecule has 0 aliphatic carbocycles. The first-order chi connectivity index (χ1) is 13.0. The number of esters is 1. The van der Waals surface area contributed by atoms with Crippen molar-refractivity contribution >= 4 is 11.7 Å². The Morgan fingerprint density at radius 2 is 2.00 bits per heavy atom. The van der Waals surface area contributed by atoms with E-state index in [1.807, 2.05) is 13.1 Å². The minimum Gasteiger partial charge on any atom is -0.465 e. The van der Waals surface area contributed by atoms with E-state index in [0.29, 0.717) is 42.2 Å². The van der Waals surface area contributed by atoms with Crippen molar-refractivity contribution in [3.63, 3.8) is 0 Å². The van der Waals surface area contributed by atoms with Crippen molar-refractivity contribution in [1.82, 2.24) is 4.90 Å². The van der Waals surface area contributed by atoms with Crippen LogP contribution in [0.2, 0.25) is 0 Å². The molecule has 1 aliphatic rings. The van der Waals surface area contributed by atoms with E-state index in [0.717, 1.165) is 11.1 Å². The highest BCUT2D eigenvalue weighted by Gasteiger charge is 2.23. The molecule has 2 N–H and O–H groups in total. The van der Waals surface area contributed by atoms with Crippen LogP contribution in [-0.2, 0) is 11.3 Å². The first kappa shape index (κ1) is 18.8. The number of likely N-dealkylation sites (N-methyl/N-ethyl adjacent to an activating group) is 1. The number of benzene rings is 2. The van der Waals surface area contributed by atoms with Crippen LogP contribution >= 0.6 is 0 Å². The van der Waals surface area contributed by atoms with Crippen LogP contribution in [0.5, 0.6) is 0 Å². The van der Waals surface area contributed by atoms with Crippen LogP contribution in [-0.4, -0.2) is 43.8 Å². The highest BCUT2D eigenvalue weighted by Crippen LogP contribution is 2.21. The summed E-state index contributed by atoms with van der Waals surface area (Å²) in [7, 11) is 3.30. The fourth-order valence-electron chi connectivity index (χ4n) is 3.12. The molecule has 3 rings (SSSR count). The zero-order chi connectivity index (χ0) is 19.4. The molecule has 0 aromatic heterocycles. The summed E-state index contributed by atoms with van der Waals surface area (Å²) in [6.07, 6.45) is 0. The smallest absolute Gasteiger partial charge is 0.337 e. The summed E-state index contributed by atoms with van der Waals surface area (Å²) in [6.45, 7) is 1.54. The lowest BCUT2D eigenvalue weighted by molar-refractivity contribution is 0.0600. The number of hydrogen-bond acceptors (Lipinski definition) is 5. The van der Waals surface area contributed by atoms with Gasteiger partial charge in [0, 0.05) is 29.9 Å². The molecule has 0 spiro atoms. The van der Waals surface area contributed by atoms with Crippen LogP contribution in [0, 0.1) is 5.82 Å². The highest BCUT2D eigenvalue weighted by molar-refractivity contribution is 6.13. The molecule has 0 radical (unpaired) electrons. The molecule has 140 valence electrons. The van der Waals surface area contributed by atoms with E-state index in [-0.39, 0.29) is 5.82 Å². The lowest BCUT2D eigenvalue weighted by atomic mass is 10.0. The van der Waals surface area contributed by atoms with E-state index in [2.05, 4.69) is 9.89 Å². The number of aliphatic imine (C=N–C) groups is 1. The third-order valence-corrected chi connectivity index (χ3v) is 4.44. The van der Waals surface area contributed by atoms with Crippen LogP contribution in [0.15, 0.2) is 64.8 Å². The predicted octanol–water partition coefficient (Wildman–Crippen LogP) is 2.76. The van der Waals surface area contributed by atoms with Crippen LogP contribution in [0.1, 0.15) is 21.5 Å². The molecular formula is C21H22FN3O2. The van der Waals surface area contributed by atoms with Gasteiger partial charge in [0.1, 0.15) is 5.82 Å². The fourth-order valence-corrected chi connectivity index (χ4v) is 3.12. The highest BCUT2D eigenvalue weighted by atomic mass is 19.1. The number of rotatable bonds is 5. The number of halogens is 1. The van der Waals surface area contributed by atoms with Gasteiger partial charge in [0.2, 0.25) is 0 Å². The van der Waals surface area contributed by atoms with E-state index in [9.17, 15) is 9.18 Å². The molecule has 2 aromatic carbocycles. The zero-order valence-electron chi connectivity index (χ0n) is 15.4. The molecule has 0 amide bonds. The number of nitrogens with zero attached hydrogens (tertiary/aromatic N) is 2. The van der Waals surface area contributed by atoms with Gasteiger partial charge in [-0.25, -0.2) is 9.18 Å². The standard InChI is InChI=1S/C21H22FN3O2/c1-25-12-17(19(23)13-25)20(16-8-3-4-9-18(16)22)24-11-14-6-5-7-15(10-14)21(26)27-2/h3-10H,11-13,23H2,1-2H3. The minimum atomic E-state index is -0.403.